The van der Waals surface area contributed by atoms with E-state index in [1.807, 2.05) is 32.2 Å². The summed E-state index contributed by atoms with van der Waals surface area (Å²) < 4.78 is 0. The van der Waals surface area contributed by atoms with Gasteiger partial charge in [-0.1, -0.05) is 6.58 Å². The minimum Gasteiger partial charge on any atom is -0.346 e. The van der Waals surface area contributed by atoms with Gasteiger partial charge in [-0.3, -0.25) is 9.59 Å². The first-order valence-electron chi connectivity index (χ1n) is 7.76. The van der Waals surface area contributed by atoms with Gasteiger partial charge in [0.05, 0.1) is 0 Å². The van der Waals surface area contributed by atoms with Gasteiger partial charge in [0.2, 0.25) is 5.91 Å². The van der Waals surface area contributed by atoms with Crippen LogP contribution in [0.5, 0.6) is 0 Å². The smallest absolute Gasteiger partial charge is 0.251 e. The van der Waals surface area contributed by atoms with Crippen LogP contribution in [0.15, 0.2) is 30.9 Å². The van der Waals surface area contributed by atoms with E-state index in [1.165, 1.54) is 6.08 Å². The van der Waals surface area contributed by atoms with Crippen LogP contribution < -0.4 is 10.2 Å². The molecule has 2 amide bonds. The molecule has 0 aliphatic carbocycles. The Morgan fingerprint density at radius 1 is 1.43 bits per heavy atom. The Morgan fingerprint density at radius 2 is 2.17 bits per heavy atom. The molecule has 0 atom stereocenters. The van der Waals surface area contributed by atoms with E-state index in [1.54, 1.807) is 22.7 Å². The van der Waals surface area contributed by atoms with Gasteiger partial charge in [-0.2, -0.15) is 11.8 Å². The second-order valence-corrected chi connectivity index (χ2v) is 7.28. The zero-order valence-corrected chi connectivity index (χ0v) is 14.8. The van der Waals surface area contributed by atoms with Gasteiger partial charge in [0, 0.05) is 29.1 Å². The SMILES string of the molecule is C=CC(=O)N1CCCc2cc(C(=O)NC(C)(C)CSC)ccc21. The Kier molecular flexibility index (Phi) is 5.52. The van der Waals surface area contributed by atoms with Crippen LogP contribution in [0.1, 0.15) is 36.2 Å². The molecule has 124 valence electrons. The number of carbonyl (C=O) groups excluding carboxylic acids is 2. The van der Waals surface area contributed by atoms with Crippen LogP contribution in [0.4, 0.5) is 5.69 Å². The molecule has 0 saturated carbocycles. The Hall–Kier alpha value is -1.75. The minimum atomic E-state index is -0.253. The van der Waals surface area contributed by atoms with E-state index in [9.17, 15) is 9.59 Å². The number of carbonyl (C=O) groups is 2. The van der Waals surface area contributed by atoms with E-state index in [0.29, 0.717) is 12.1 Å². The van der Waals surface area contributed by atoms with Crippen molar-refractivity contribution in [3.05, 3.63) is 42.0 Å². The first-order chi connectivity index (χ1) is 10.9. The third-order valence-electron chi connectivity index (χ3n) is 3.86. The van der Waals surface area contributed by atoms with E-state index in [2.05, 4.69) is 11.9 Å². The summed E-state index contributed by atoms with van der Waals surface area (Å²) in [5.74, 6) is 0.689. The zero-order chi connectivity index (χ0) is 17.0. The molecule has 1 heterocycles. The molecule has 0 spiro atoms. The average Bonchev–Trinajstić information content (AvgIpc) is 2.52. The van der Waals surface area contributed by atoms with Gasteiger partial charge >= 0.3 is 0 Å². The van der Waals surface area contributed by atoms with Crippen LogP contribution in [-0.2, 0) is 11.2 Å². The van der Waals surface area contributed by atoms with Crippen molar-refractivity contribution in [1.82, 2.24) is 5.32 Å². The van der Waals surface area contributed by atoms with E-state index < -0.39 is 0 Å². The van der Waals surface area contributed by atoms with Crippen LogP contribution in [0.2, 0.25) is 0 Å². The number of nitrogens with zero attached hydrogens (tertiary/aromatic N) is 1. The lowest BCUT2D eigenvalue weighted by Crippen LogP contribution is -2.45. The summed E-state index contributed by atoms with van der Waals surface area (Å²) in [5, 5.41) is 3.07. The summed E-state index contributed by atoms with van der Waals surface area (Å²) >= 11 is 1.71. The fourth-order valence-electron chi connectivity index (χ4n) is 2.85. The molecule has 0 radical (unpaired) electrons. The summed E-state index contributed by atoms with van der Waals surface area (Å²) in [5.41, 5.74) is 2.32. The molecule has 4 nitrogen and oxygen atoms in total. The van der Waals surface area contributed by atoms with Gasteiger partial charge in [-0.25, -0.2) is 0 Å². The van der Waals surface area contributed by atoms with Gasteiger partial charge in [0.25, 0.3) is 5.91 Å². The Bertz CT molecular complexity index is 625. The summed E-state index contributed by atoms with van der Waals surface area (Å²) in [7, 11) is 0. The standard InChI is InChI=1S/C18H24N2O2S/c1-5-16(21)20-10-6-7-13-11-14(8-9-15(13)20)17(22)19-18(2,3)12-23-4/h5,8-9,11H,1,6-7,10,12H2,2-4H3,(H,19,22). The topological polar surface area (TPSA) is 49.4 Å². The normalized spacial score (nSPS) is 14.1. The van der Waals surface area contributed by atoms with Crippen molar-refractivity contribution in [3.63, 3.8) is 0 Å². The Balaban J connectivity index is 2.22. The van der Waals surface area contributed by atoms with Crippen molar-refractivity contribution in [2.24, 2.45) is 0 Å². The van der Waals surface area contributed by atoms with Gasteiger partial charge in [0.1, 0.15) is 0 Å². The molecule has 1 N–H and O–H groups in total. The predicted octanol–water partition coefficient (Wildman–Crippen LogP) is 3.02. The van der Waals surface area contributed by atoms with Crippen molar-refractivity contribution in [1.29, 1.82) is 0 Å². The summed E-state index contributed by atoms with van der Waals surface area (Å²) in [4.78, 5) is 26.1. The summed E-state index contributed by atoms with van der Waals surface area (Å²) in [6.45, 7) is 8.29. The minimum absolute atomic E-state index is 0.0704. The van der Waals surface area contributed by atoms with E-state index in [0.717, 1.165) is 29.8 Å². The highest BCUT2D eigenvalue weighted by Crippen LogP contribution is 2.28. The fraction of sp³-hybridized carbons (Fsp3) is 0.444. The monoisotopic (exact) mass is 332 g/mol. The number of hydrogen-bond acceptors (Lipinski definition) is 3. The van der Waals surface area contributed by atoms with Crippen molar-refractivity contribution in [3.8, 4) is 0 Å². The third-order valence-corrected chi connectivity index (χ3v) is 4.87. The molecule has 0 fully saturated rings. The number of fused-ring (bicyclic) bond motifs is 1. The lowest BCUT2D eigenvalue weighted by atomic mass is 9.98. The van der Waals surface area contributed by atoms with Crippen molar-refractivity contribution < 1.29 is 9.59 Å². The maximum Gasteiger partial charge on any atom is 0.251 e. The molecule has 1 aliphatic heterocycles. The van der Waals surface area contributed by atoms with Crippen molar-refractivity contribution in [2.75, 3.05) is 23.5 Å². The van der Waals surface area contributed by atoms with Crippen LogP contribution in [-0.4, -0.2) is 35.9 Å². The molecule has 0 saturated heterocycles. The van der Waals surface area contributed by atoms with Crippen LogP contribution >= 0.6 is 11.8 Å². The van der Waals surface area contributed by atoms with Crippen molar-refractivity contribution in [2.45, 2.75) is 32.2 Å². The van der Waals surface area contributed by atoms with E-state index in [-0.39, 0.29) is 17.4 Å². The molecule has 0 aromatic heterocycles. The Labute approximate surface area is 142 Å². The first kappa shape index (κ1) is 17.6. The van der Waals surface area contributed by atoms with Crippen LogP contribution in [0.3, 0.4) is 0 Å². The lowest BCUT2D eigenvalue weighted by Gasteiger charge is -2.29. The quantitative estimate of drug-likeness (QED) is 0.843. The number of thioether (sulfide) groups is 1. The summed E-state index contributed by atoms with van der Waals surface area (Å²) in [6.07, 6.45) is 5.14. The van der Waals surface area contributed by atoms with Crippen LogP contribution in [0, 0.1) is 0 Å². The maximum atomic E-state index is 12.5. The third kappa shape index (κ3) is 4.16. The fourth-order valence-corrected chi connectivity index (χ4v) is 3.65. The molecular weight excluding hydrogens is 308 g/mol. The molecule has 5 heteroatoms. The number of hydrogen-bond donors (Lipinski definition) is 1. The maximum absolute atomic E-state index is 12.5. The number of rotatable bonds is 5. The average molecular weight is 332 g/mol. The summed E-state index contributed by atoms with van der Waals surface area (Å²) in [6, 6.07) is 5.56. The molecule has 23 heavy (non-hydrogen) atoms. The van der Waals surface area contributed by atoms with Crippen molar-refractivity contribution >= 4 is 29.3 Å². The molecular formula is C18H24N2O2S. The zero-order valence-electron chi connectivity index (χ0n) is 14.0. The van der Waals surface area contributed by atoms with Gasteiger partial charge in [-0.05, 0) is 62.8 Å². The number of amides is 2. The number of benzene rings is 1. The van der Waals surface area contributed by atoms with E-state index >= 15 is 0 Å². The molecule has 0 unspecified atom stereocenters. The molecule has 1 aromatic rings. The second-order valence-electron chi connectivity index (χ2n) is 6.41. The highest BCUT2D eigenvalue weighted by molar-refractivity contribution is 7.98. The largest absolute Gasteiger partial charge is 0.346 e. The van der Waals surface area contributed by atoms with Crippen LogP contribution in [0.25, 0.3) is 0 Å². The van der Waals surface area contributed by atoms with E-state index in [4.69, 9.17) is 0 Å². The molecule has 1 aliphatic rings. The van der Waals surface area contributed by atoms with Gasteiger partial charge in [0.15, 0.2) is 0 Å². The number of aryl methyl sites for hydroxylation is 1. The van der Waals surface area contributed by atoms with Gasteiger partial charge in [-0.15, -0.1) is 0 Å². The number of nitrogens with one attached hydrogen (secondary N) is 1. The van der Waals surface area contributed by atoms with Gasteiger partial charge < -0.3 is 10.2 Å². The molecule has 0 bridgehead atoms. The predicted molar refractivity (Wildman–Crippen MR) is 97.2 cm³/mol. The highest BCUT2D eigenvalue weighted by Gasteiger charge is 2.24. The first-order valence-corrected chi connectivity index (χ1v) is 9.15. The molecule has 1 aromatic carbocycles. The Morgan fingerprint density at radius 3 is 2.83 bits per heavy atom. The molecule has 2 rings (SSSR count). The second kappa shape index (κ2) is 7.21. The number of anilines is 1. The highest BCUT2D eigenvalue weighted by atomic mass is 32.2. The lowest BCUT2D eigenvalue weighted by molar-refractivity contribution is -0.114.